The number of nitrogens with zero attached hydrogens (tertiary/aromatic N) is 3. The molecule has 2 aliphatic carbocycles. The standard InChI is InChI=1S/C49H43N3/c1-47(2,3)39-17-11-8-14-34(39)30-20-22-31(23-21-30)44-50-45(32-24-26-37-35-15-9-12-18-40(35)48(4,5)42(37)28-32)52-46(51-44)33-25-27-38-36-16-10-13-19-41(36)49(6,7)43(38)29-33/h8-29H,1-7H3. The predicted octanol–water partition coefficient (Wildman–Crippen LogP) is 12.4. The smallest absolute Gasteiger partial charge is 0.164 e. The van der Waals surface area contributed by atoms with Gasteiger partial charge in [0.2, 0.25) is 0 Å². The first-order valence-electron chi connectivity index (χ1n) is 18.4. The van der Waals surface area contributed by atoms with Gasteiger partial charge in [0, 0.05) is 27.5 Å². The van der Waals surface area contributed by atoms with Crippen LogP contribution in [0.25, 0.3) is 67.5 Å². The molecule has 3 nitrogen and oxygen atoms in total. The fraction of sp³-hybridized carbons (Fsp3) is 0.204. The molecule has 0 saturated carbocycles. The maximum atomic E-state index is 5.23. The molecule has 0 spiro atoms. The van der Waals surface area contributed by atoms with Crippen LogP contribution in [0.15, 0.2) is 133 Å². The van der Waals surface area contributed by atoms with Crippen molar-refractivity contribution in [3.63, 3.8) is 0 Å². The van der Waals surface area contributed by atoms with Gasteiger partial charge in [-0.3, -0.25) is 0 Å². The van der Waals surface area contributed by atoms with Gasteiger partial charge in [-0.05, 0) is 78.7 Å². The lowest BCUT2D eigenvalue weighted by Crippen LogP contribution is -2.15. The highest BCUT2D eigenvalue weighted by Gasteiger charge is 2.37. The van der Waals surface area contributed by atoms with Gasteiger partial charge in [0.05, 0.1) is 0 Å². The lowest BCUT2D eigenvalue weighted by molar-refractivity contribution is 0.592. The van der Waals surface area contributed by atoms with E-state index < -0.39 is 0 Å². The van der Waals surface area contributed by atoms with Crippen molar-refractivity contribution >= 4 is 0 Å². The minimum Gasteiger partial charge on any atom is -0.208 e. The molecule has 0 aliphatic heterocycles. The fourth-order valence-electron chi connectivity index (χ4n) is 8.64. The molecule has 2 aliphatic rings. The van der Waals surface area contributed by atoms with Crippen LogP contribution in [0.5, 0.6) is 0 Å². The lowest BCUT2D eigenvalue weighted by atomic mass is 9.82. The molecule has 0 radical (unpaired) electrons. The highest BCUT2D eigenvalue weighted by atomic mass is 15.0. The molecule has 0 atom stereocenters. The zero-order valence-corrected chi connectivity index (χ0v) is 31.0. The maximum Gasteiger partial charge on any atom is 0.164 e. The van der Waals surface area contributed by atoms with E-state index in [1.54, 1.807) is 0 Å². The first kappa shape index (κ1) is 32.3. The Labute approximate surface area is 307 Å². The summed E-state index contributed by atoms with van der Waals surface area (Å²) in [5.41, 5.74) is 17.0. The van der Waals surface area contributed by atoms with Crippen LogP contribution in [0.4, 0.5) is 0 Å². The molecule has 52 heavy (non-hydrogen) atoms. The van der Waals surface area contributed by atoms with Crippen LogP contribution in [-0.2, 0) is 16.2 Å². The van der Waals surface area contributed by atoms with Crippen molar-refractivity contribution in [1.82, 2.24) is 15.0 Å². The summed E-state index contributed by atoms with van der Waals surface area (Å²) >= 11 is 0. The molecule has 0 saturated heterocycles. The van der Waals surface area contributed by atoms with E-state index in [-0.39, 0.29) is 16.2 Å². The largest absolute Gasteiger partial charge is 0.208 e. The molecule has 0 fully saturated rings. The van der Waals surface area contributed by atoms with Crippen LogP contribution in [0.2, 0.25) is 0 Å². The number of rotatable bonds is 4. The molecular formula is C49H43N3. The van der Waals surface area contributed by atoms with Crippen molar-refractivity contribution in [2.75, 3.05) is 0 Å². The van der Waals surface area contributed by atoms with E-state index >= 15 is 0 Å². The quantitative estimate of drug-likeness (QED) is 0.187. The Morgan fingerprint density at radius 3 is 1.21 bits per heavy atom. The second-order valence-electron chi connectivity index (χ2n) is 16.5. The topological polar surface area (TPSA) is 38.7 Å². The van der Waals surface area contributed by atoms with Crippen LogP contribution in [0.1, 0.15) is 76.3 Å². The summed E-state index contributed by atoms with van der Waals surface area (Å²) in [6.07, 6.45) is 0. The molecule has 254 valence electrons. The molecule has 9 rings (SSSR count). The summed E-state index contributed by atoms with van der Waals surface area (Å²) in [6.45, 7) is 16.1. The molecule has 0 unspecified atom stereocenters. The first-order chi connectivity index (χ1) is 24.9. The van der Waals surface area contributed by atoms with Crippen molar-refractivity contribution in [2.24, 2.45) is 0 Å². The first-order valence-corrected chi connectivity index (χ1v) is 18.4. The third-order valence-electron chi connectivity index (χ3n) is 11.5. The van der Waals surface area contributed by atoms with Gasteiger partial charge in [0.25, 0.3) is 0 Å². The molecule has 0 bridgehead atoms. The van der Waals surface area contributed by atoms with Gasteiger partial charge >= 0.3 is 0 Å². The van der Waals surface area contributed by atoms with Gasteiger partial charge in [-0.1, -0.05) is 170 Å². The lowest BCUT2D eigenvalue weighted by Gasteiger charge is -2.23. The minimum absolute atomic E-state index is 0.0326. The Morgan fingerprint density at radius 1 is 0.365 bits per heavy atom. The van der Waals surface area contributed by atoms with Crippen molar-refractivity contribution in [3.8, 4) is 67.5 Å². The Kier molecular flexibility index (Phi) is 7.08. The van der Waals surface area contributed by atoms with E-state index in [1.165, 1.54) is 61.2 Å². The number of hydrogen-bond acceptors (Lipinski definition) is 3. The van der Waals surface area contributed by atoms with Crippen molar-refractivity contribution < 1.29 is 0 Å². The van der Waals surface area contributed by atoms with Gasteiger partial charge in [-0.2, -0.15) is 0 Å². The predicted molar refractivity (Wildman–Crippen MR) is 215 cm³/mol. The SMILES string of the molecule is CC(C)(C)c1ccccc1-c1ccc(-c2nc(-c3ccc4c(c3)C(C)(C)c3ccccc3-4)nc(-c3ccc4c(c3)C(C)(C)c3ccccc3-4)n2)cc1. The van der Waals surface area contributed by atoms with Gasteiger partial charge in [-0.25, -0.2) is 15.0 Å². The molecule has 1 heterocycles. The summed E-state index contributed by atoms with van der Waals surface area (Å²) in [5.74, 6) is 2.03. The average molecular weight is 674 g/mol. The molecule has 0 N–H and O–H groups in total. The van der Waals surface area contributed by atoms with Gasteiger partial charge in [0.15, 0.2) is 17.5 Å². The number of benzene rings is 6. The molecular weight excluding hydrogens is 631 g/mol. The third kappa shape index (κ3) is 4.98. The maximum absolute atomic E-state index is 5.23. The van der Waals surface area contributed by atoms with Crippen LogP contribution in [0, 0.1) is 0 Å². The zero-order valence-electron chi connectivity index (χ0n) is 31.0. The van der Waals surface area contributed by atoms with Crippen LogP contribution < -0.4 is 0 Å². The summed E-state index contributed by atoms with van der Waals surface area (Å²) in [4.78, 5) is 15.6. The monoisotopic (exact) mass is 673 g/mol. The van der Waals surface area contributed by atoms with E-state index in [4.69, 9.17) is 15.0 Å². The average Bonchev–Trinajstić information content (AvgIpc) is 3.53. The number of fused-ring (bicyclic) bond motifs is 6. The van der Waals surface area contributed by atoms with Crippen molar-refractivity contribution in [2.45, 2.75) is 64.7 Å². The van der Waals surface area contributed by atoms with E-state index in [1.807, 2.05) is 0 Å². The molecule has 0 amide bonds. The Morgan fingerprint density at radius 2 is 0.731 bits per heavy atom. The second-order valence-corrected chi connectivity index (χ2v) is 16.5. The molecule has 3 heteroatoms. The summed E-state index contributed by atoms with van der Waals surface area (Å²) in [5, 5.41) is 0. The van der Waals surface area contributed by atoms with Crippen LogP contribution in [0.3, 0.4) is 0 Å². The van der Waals surface area contributed by atoms with E-state index in [2.05, 4.69) is 182 Å². The van der Waals surface area contributed by atoms with Crippen molar-refractivity contribution in [3.05, 3.63) is 161 Å². The highest BCUT2D eigenvalue weighted by Crippen LogP contribution is 2.51. The van der Waals surface area contributed by atoms with Crippen LogP contribution >= 0.6 is 0 Å². The van der Waals surface area contributed by atoms with Gasteiger partial charge in [-0.15, -0.1) is 0 Å². The molecule has 1 aromatic heterocycles. The van der Waals surface area contributed by atoms with Crippen molar-refractivity contribution in [1.29, 1.82) is 0 Å². The summed E-state index contributed by atoms with van der Waals surface area (Å²) in [7, 11) is 0. The van der Waals surface area contributed by atoms with E-state index in [0.29, 0.717) is 17.5 Å². The second kappa shape index (κ2) is 11.4. The third-order valence-corrected chi connectivity index (χ3v) is 11.5. The van der Waals surface area contributed by atoms with E-state index in [0.717, 1.165) is 16.7 Å². The van der Waals surface area contributed by atoms with E-state index in [9.17, 15) is 0 Å². The normalized spacial score (nSPS) is 14.8. The Hall–Kier alpha value is -5.67. The number of aromatic nitrogens is 3. The minimum atomic E-state index is -0.125. The van der Waals surface area contributed by atoms with Crippen LogP contribution in [-0.4, -0.2) is 15.0 Å². The zero-order chi connectivity index (χ0) is 36.0. The summed E-state index contributed by atoms with van der Waals surface area (Å²) in [6, 6.07) is 48.4. The molecule has 7 aromatic rings. The summed E-state index contributed by atoms with van der Waals surface area (Å²) < 4.78 is 0. The molecule has 6 aromatic carbocycles. The Bertz CT molecular complexity index is 2420. The number of hydrogen-bond donors (Lipinski definition) is 0. The van der Waals surface area contributed by atoms with Gasteiger partial charge in [0.1, 0.15) is 0 Å². The highest BCUT2D eigenvalue weighted by molar-refractivity contribution is 5.85. The Balaban J connectivity index is 1.19. The fourth-order valence-corrected chi connectivity index (χ4v) is 8.64. The van der Waals surface area contributed by atoms with Gasteiger partial charge < -0.3 is 0 Å².